The monoisotopic (exact) mass is 392 g/mol. The highest BCUT2D eigenvalue weighted by atomic mass is 32.3. The molecule has 3 rings (SSSR count). The van der Waals surface area contributed by atoms with E-state index in [1.54, 1.807) is 60.7 Å². The van der Waals surface area contributed by atoms with Gasteiger partial charge in [0.25, 0.3) is 0 Å². The Morgan fingerprint density at radius 2 is 1.11 bits per heavy atom. The summed E-state index contributed by atoms with van der Waals surface area (Å²) in [5, 5.41) is 0. The highest BCUT2D eigenvalue weighted by molar-refractivity contribution is 7.82. The second-order valence-electron chi connectivity index (χ2n) is 5.63. The number of benzene rings is 2. The maximum atomic E-state index is 12.2. The molecule has 0 spiro atoms. The zero-order valence-corrected chi connectivity index (χ0v) is 14.8. The Hall–Kier alpha value is -2.75. The second kappa shape index (κ2) is 8.30. The van der Waals surface area contributed by atoms with E-state index in [0.717, 1.165) is 0 Å². The maximum absolute atomic E-state index is 12.2. The first-order valence-corrected chi connectivity index (χ1v) is 9.30. The molecule has 0 bridgehead atoms. The van der Waals surface area contributed by atoms with Crippen molar-refractivity contribution in [2.24, 2.45) is 0 Å². The summed E-state index contributed by atoms with van der Waals surface area (Å²) in [6.07, 6.45) is -3.52. The first-order chi connectivity index (χ1) is 12.9. The largest absolute Gasteiger partial charge is 0.459 e. The van der Waals surface area contributed by atoms with Crippen LogP contribution in [-0.2, 0) is 51.0 Å². The fourth-order valence-corrected chi connectivity index (χ4v) is 3.24. The molecule has 1 aliphatic rings. The average Bonchev–Trinajstić information content (AvgIpc) is 3.01. The van der Waals surface area contributed by atoms with Crippen LogP contribution in [0.5, 0.6) is 0 Å². The van der Waals surface area contributed by atoms with Gasteiger partial charge in [0.1, 0.15) is 13.2 Å². The van der Waals surface area contributed by atoms with Crippen molar-refractivity contribution >= 4 is 22.3 Å². The van der Waals surface area contributed by atoms with Crippen molar-refractivity contribution in [3.63, 3.8) is 0 Å². The highest BCUT2D eigenvalue weighted by Gasteiger charge is 2.50. The van der Waals surface area contributed by atoms with Crippen molar-refractivity contribution in [3.8, 4) is 0 Å². The van der Waals surface area contributed by atoms with Crippen molar-refractivity contribution in [1.82, 2.24) is 0 Å². The number of hydrogen-bond acceptors (Lipinski definition) is 8. The van der Waals surface area contributed by atoms with Crippen LogP contribution < -0.4 is 0 Å². The Bertz CT molecular complexity index is 826. The molecule has 2 aromatic rings. The van der Waals surface area contributed by atoms with Crippen molar-refractivity contribution in [3.05, 3.63) is 71.8 Å². The summed E-state index contributed by atoms with van der Waals surface area (Å²) < 4.78 is 42.3. The Morgan fingerprint density at radius 1 is 0.741 bits per heavy atom. The summed E-state index contributed by atoms with van der Waals surface area (Å²) in [5.41, 5.74) is 1.38. The third-order valence-electron chi connectivity index (χ3n) is 3.63. The first kappa shape index (κ1) is 19.0. The second-order valence-corrected chi connectivity index (χ2v) is 6.83. The normalized spacial score (nSPS) is 20.7. The van der Waals surface area contributed by atoms with E-state index in [1.165, 1.54) is 0 Å². The molecule has 2 unspecified atom stereocenters. The standard InChI is InChI=1S/C18H16O8S/c19-17(23-11-13-7-3-1-4-8-13)15-16(26-27(21,22)25-15)18(20)24-12-14-9-5-2-6-10-14/h1-10,15-16H,11-12H2. The van der Waals surface area contributed by atoms with E-state index in [1.807, 2.05) is 0 Å². The quantitative estimate of drug-likeness (QED) is 0.681. The predicted octanol–water partition coefficient (Wildman–Crippen LogP) is 1.50. The maximum Gasteiger partial charge on any atom is 0.401 e. The van der Waals surface area contributed by atoms with Crippen LogP contribution in [0, 0.1) is 0 Å². The molecule has 1 fully saturated rings. The molecule has 1 aliphatic heterocycles. The van der Waals surface area contributed by atoms with E-state index in [0.29, 0.717) is 11.1 Å². The summed E-state index contributed by atoms with van der Waals surface area (Å²) in [4.78, 5) is 24.4. The lowest BCUT2D eigenvalue weighted by molar-refractivity contribution is -0.165. The number of esters is 2. The molecule has 9 heteroatoms. The van der Waals surface area contributed by atoms with E-state index in [-0.39, 0.29) is 13.2 Å². The van der Waals surface area contributed by atoms with E-state index >= 15 is 0 Å². The zero-order valence-electron chi connectivity index (χ0n) is 14.0. The molecule has 0 saturated carbocycles. The van der Waals surface area contributed by atoms with E-state index in [4.69, 9.17) is 9.47 Å². The van der Waals surface area contributed by atoms with E-state index in [9.17, 15) is 18.0 Å². The smallest absolute Gasteiger partial charge is 0.401 e. The number of rotatable bonds is 6. The number of carbonyl (C=O) groups excluding carboxylic acids is 2. The Morgan fingerprint density at radius 3 is 1.48 bits per heavy atom. The minimum Gasteiger partial charge on any atom is -0.459 e. The summed E-state index contributed by atoms with van der Waals surface area (Å²) in [6.45, 7) is -0.212. The van der Waals surface area contributed by atoms with Crippen LogP contribution in [0.15, 0.2) is 60.7 Å². The summed E-state index contributed by atoms with van der Waals surface area (Å²) in [7, 11) is -4.50. The molecule has 1 saturated heterocycles. The SMILES string of the molecule is O=C(OCc1ccccc1)C1OS(=O)(=O)OC1C(=O)OCc1ccccc1. The van der Waals surface area contributed by atoms with Crippen molar-refractivity contribution in [1.29, 1.82) is 0 Å². The van der Waals surface area contributed by atoms with Gasteiger partial charge in [0.15, 0.2) is 0 Å². The Balaban J connectivity index is 1.63. The van der Waals surface area contributed by atoms with Crippen LogP contribution in [0.25, 0.3) is 0 Å². The van der Waals surface area contributed by atoms with Gasteiger partial charge in [0.05, 0.1) is 0 Å². The molecule has 2 atom stereocenters. The molecule has 0 aliphatic carbocycles. The first-order valence-electron chi connectivity index (χ1n) is 7.97. The molecule has 0 amide bonds. The van der Waals surface area contributed by atoms with Gasteiger partial charge in [0.2, 0.25) is 12.2 Å². The molecule has 0 radical (unpaired) electrons. The van der Waals surface area contributed by atoms with Gasteiger partial charge in [-0.25, -0.2) is 18.0 Å². The molecule has 0 aromatic heterocycles. The van der Waals surface area contributed by atoms with Crippen LogP contribution in [0.1, 0.15) is 11.1 Å². The fourth-order valence-electron chi connectivity index (χ4n) is 2.32. The topological polar surface area (TPSA) is 105 Å². The van der Waals surface area contributed by atoms with Crippen LogP contribution >= 0.6 is 0 Å². The average molecular weight is 392 g/mol. The van der Waals surface area contributed by atoms with Gasteiger partial charge >= 0.3 is 22.3 Å². The predicted molar refractivity (Wildman–Crippen MR) is 91.1 cm³/mol. The van der Waals surface area contributed by atoms with Crippen molar-refractivity contribution in [2.45, 2.75) is 25.4 Å². The third-order valence-corrected chi connectivity index (χ3v) is 4.52. The summed E-state index contributed by atoms with van der Waals surface area (Å²) in [5.74, 6) is -2.08. The van der Waals surface area contributed by atoms with Gasteiger partial charge in [-0.1, -0.05) is 60.7 Å². The van der Waals surface area contributed by atoms with E-state index in [2.05, 4.69) is 8.37 Å². The minimum atomic E-state index is -4.50. The van der Waals surface area contributed by atoms with Gasteiger partial charge < -0.3 is 9.47 Å². The molecular formula is C18H16O8S. The van der Waals surface area contributed by atoms with Gasteiger partial charge in [-0.2, -0.15) is 8.42 Å². The molecule has 142 valence electrons. The Labute approximate surface area is 155 Å². The fraction of sp³-hybridized carbons (Fsp3) is 0.222. The molecule has 0 N–H and O–H groups in total. The van der Waals surface area contributed by atoms with Crippen LogP contribution in [0.4, 0.5) is 0 Å². The van der Waals surface area contributed by atoms with Crippen LogP contribution in [0.3, 0.4) is 0 Å². The van der Waals surface area contributed by atoms with Crippen molar-refractivity contribution < 1.29 is 35.8 Å². The lowest BCUT2D eigenvalue weighted by Gasteiger charge is -2.13. The number of ether oxygens (including phenoxy) is 2. The number of carbonyl (C=O) groups is 2. The number of hydrogen-bond donors (Lipinski definition) is 0. The molecule has 8 nitrogen and oxygen atoms in total. The molecule has 2 aromatic carbocycles. The van der Waals surface area contributed by atoms with Gasteiger partial charge in [0, 0.05) is 0 Å². The van der Waals surface area contributed by atoms with Crippen LogP contribution in [0.2, 0.25) is 0 Å². The van der Waals surface area contributed by atoms with Gasteiger partial charge in [-0.05, 0) is 11.1 Å². The van der Waals surface area contributed by atoms with Gasteiger partial charge in [-0.15, -0.1) is 0 Å². The summed E-state index contributed by atoms with van der Waals surface area (Å²) >= 11 is 0. The Kier molecular flexibility index (Phi) is 5.84. The lowest BCUT2D eigenvalue weighted by Crippen LogP contribution is -2.39. The van der Waals surface area contributed by atoms with Crippen LogP contribution in [-0.4, -0.2) is 32.6 Å². The molecular weight excluding hydrogens is 376 g/mol. The van der Waals surface area contributed by atoms with Crippen molar-refractivity contribution in [2.75, 3.05) is 0 Å². The zero-order chi connectivity index (χ0) is 19.3. The molecule has 27 heavy (non-hydrogen) atoms. The van der Waals surface area contributed by atoms with Gasteiger partial charge in [-0.3, -0.25) is 0 Å². The third kappa shape index (κ3) is 5.13. The minimum absolute atomic E-state index is 0.106. The highest BCUT2D eigenvalue weighted by Crippen LogP contribution is 2.24. The lowest BCUT2D eigenvalue weighted by atomic mass is 10.2. The molecule has 1 heterocycles. The summed E-state index contributed by atoms with van der Waals surface area (Å²) in [6, 6.07) is 17.5. The van der Waals surface area contributed by atoms with E-state index < -0.39 is 34.5 Å².